The van der Waals surface area contributed by atoms with E-state index in [2.05, 4.69) is 36.8 Å². The monoisotopic (exact) mass is 387 g/mol. The molecule has 0 saturated heterocycles. The zero-order valence-electron chi connectivity index (χ0n) is 11.2. The number of carbonyl (C=O) groups excluding carboxylic acids is 1. The predicted octanol–water partition coefficient (Wildman–Crippen LogP) is 4.54. The van der Waals surface area contributed by atoms with E-state index < -0.39 is 0 Å². The highest BCUT2D eigenvalue weighted by Gasteiger charge is 2.29. The molecule has 0 aromatic heterocycles. The molecule has 0 aliphatic heterocycles. The lowest BCUT2D eigenvalue weighted by Gasteiger charge is -2.38. The lowest BCUT2D eigenvalue weighted by atomic mass is 9.90. The zero-order chi connectivity index (χ0) is 13.8. The van der Waals surface area contributed by atoms with Crippen LogP contribution in [0, 0.1) is 6.92 Å². The largest absolute Gasteiger partial charge is 0.336 e. The van der Waals surface area contributed by atoms with Crippen molar-refractivity contribution in [3.63, 3.8) is 0 Å². The van der Waals surface area contributed by atoms with Crippen molar-refractivity contribution in [3.05, 3.63) is 33.8 Å². The van der Waals surface area contributed by atoms with E-state index in [-0.39, 0.29) is 5.91 Å². The first kappa shape index (κ1) is 15.0. The van der Waals surface area contributed by atoms with Gasteiger partial charge in [-0.3, -0.25) is 4.79 Å². The van der Waals surface area contributed by atoms with Gasteiger partial charge in [0.25, 0.3) is 5.91 Å². The van der Waals surface area contributed by atoms with Crippen molar-refractivity contribution in [1.82, 2.24) is 4.90 Å². The van der Waals surface area contributed by atoms with Gasteiger partial charge < -0.3 is 4.90 Å². The maximum atomic E-state index is 12.7. The molecule has 4 heteroatoms. The van der Waals surface area contributed by atoms with E-state index in [4.69, 9.17) is 0 Å². The maximum absolute atomic E-state index is 12.7. The molecule has 1 saturated carbocycles. The van der Waals surface area contributed by atoms with Crippen LogP contribution in [0.4, 0.5) is 0 Å². The Kier molecular flexibility index (Phi) is 5.46. The third kappa shape index (κ3) is 3.40. The molecule has 104 valence electrons. The van der Waals surface area contributed by atoms with Crippen molar-refractivity contribution in [3.8, 4) is 0 Å². The van der Waals surface area contributed by atoms with Crippen LogP contribution in [0.3, 0.4) is 0 Å². The van der Waals surface area contributed by atoms with Gasteiger partial charge in [-0.25, -0.2) is 0 Å². The molecule has 1 fully saturated rings. The van der Waals surface area contributed by atoms with Crippen molar-refractivity contribution < 1.29 is 4.79 Å². The van der Waals surface area contributed by atoms with Crippen LogP contribution in [-0.4, -0.2) is 28.7 Å². The van der Waals surface area contributed by atoms with Crippen LogP contribution in [0.1, 0.15) is 41.6 Å². The molecule has 19 heavy (non-hydrogen) atoms. The SMILES string of the molecule is Cc1c(Br)cccc1C(=O)N(CCCBr)C1CCC1. The fourth-order valence-corrected chi connectivity index (χ4v) is 2.99. The first-order valence-corrected chi connectivity index (χ1v) is 8.68. The van der Waals surface area contributed by atoms with Gasteiger partial charge in [0.1, 0.15) is 0 Å². The van der Waals surface area contributed by atoms with Crippen molar-refractivity contribution in [1.29, 1.82) is 0 Å². The molecule has 1 aromatic rings. The summed E-state index contributed by atoms with van der Waals surface area (Å²) in [5, 5.41) is 0.945. The van der Waals surface area contributed by atoms with Crippen LogP contribution in [0.5, 0.6) is 0 Å². The third-order valence-electron chi connectivity index (χ3n) is 3.81. The second-order valence-electron chi connectivity index (χ2n) is 5.04. The summed E-state index contributed by atoms with van der Waals surface area (Å²) in [7, 11) is 0. The molecule has 1 aliphatic carbocycles. The van der Waals surface area contributed by atoms with E-state index in [1.54, 1.807) is 0 Å². The minimum atomic E-state index is 0.185. The molecule has 1 amide bonds. The summed E-state index contributed by atoms with van der Waals surface area (Å²) in [6.07, 6.45) is 4.57. The molecule has 1 aliphatic rings. The normalized spacial score (nSPS) is 15.1. The Morgan fingerprint density at radius 2 is 2.16 bits per heavy atom. The van der Waals surface area contributed by atoms with Crippen LogP contribution in [0.15, 0.2) is 22.7 Å². The molecule has 0 atom stereocenters. The number of benzene rings is 1. The Morgan fingerprint density at radius 3 is 2.74 bits per heavy atom. The summed E-state index contributed by atoms with van der Waals surface area (Å²) in [6.45, 7) is 2.85. The predicted molar refractivity (Wildman–Crippen MR) is 86.0 cm³/mol. The molecular formula is C15H19Br2NO. The van der Waals surface area contributed by atoms with Gasteiger partial charge in [0.05, 0.1) is 0 Å². The topological polar surface area (TPSA) is 20.3 Å². The Balaban J connectivity index is 2.20. The quantitative estimate of drug-likeness (QED) is 0.678. The lowest BCUT2D eigenvalue weighted by molar-refractivity contribution is 0.0580. The standard InChI is InChI=1S/C15H19Br2NO/c1-11-13(7-3-8-14(11)17)15(19)18(10-4-9-16)12-5-2-6-12/h3,7-8,12H,2,4-6,9-10H2,1H3. The highest BCUT2D eigenvalue weighted by molar-refractivity contribution is 9.10. The van der Waals surface area contributed by atoms with Crippen LogP contribution in [0.25, 0.3) is 0 Å². The summed E-state index contributed by atoms with van der Waals surface area (Å²) in [5.74, 6) is 0.185. The van der Waals surface area contributed by atoms with E-state index >= 15 is 0 Å². The number of amides is 1. The molecule has 0 unspecified atom stereocenters. The van der Waals surface area contributed by atoms with Crippen molar-refractivity contribution in [2.24, 2.45) is 0 Å². The van der Waals surface area contributed by atoms with Gasteiger partial charge in [-0.1, -0.05) is 37.9 Å². The summed E-state index contributed by atoms with van der Waals surface area (Å²) in [6, 6.07) is 6.30. The molecule has 0 spiro atoms. The average molecular weight is 389 g/mol. The maximum Gasteiger partial charge on any atom is 0.254 e. The summed E-state index contributed by atoms with van der Waals surface area (Å²) in [4.78, 5) is 14.8. The molecule has 2 rings (SSSR count). The zero-order valence-corrected chi connectivity index (χ0v) is 14.3. The molecule has 2 nitrogen and oxygen atoms in total. The molecule has 0 heterocycles. The molecule has 0 N–H and O–H groups in total. The number of nitrogens with zero attached hydrogens (tertiary/aromatic N) is 1. The summed E-state index contributed by atoms with van der Waals surface area (Å²) >= 11 is 6.96. The van der Waals surface area contributed by atoms with Gasteiger partial charge >= 0.3 is 0 Å². The van der Waals surface area contributed by atoms with Gasteiger partial charge in [-0.2, -0.15) is 0 Å². The summed E-state index contributed by atoms with van der Waals surface area (Å²) < 4.78 is 1.01. The minimum Gasteiger partial charge on any atom is -0.336 e. The second kappa shape index (κ2) is 6.89. The van der Waals surface area contributed by atoms with Crippen LogP contribution in [-0.2, 0) is 0 Å². The van der Waals surface area contributed by atoms with E-state index in [9.17, 15) is 4.79 Å². The second-order valence-corrected chi connectivity index (χ2v) is 6.69. The first-order chi connectivity index (χ1) is 9.15. The van der Waals surface area contributed by atoms with Crippen molar-refractivity contribution in [2.75, 3.05) is 11.9 Å². The number of alkyl halides is 1. The van der Waals surface area contributed by atoms with E-state index in [1.807, 2.05) is 25.1 Å². The van der Waals surface area contributed by atoms with Crippen molar-refractivity contribution in [2.45, 2.75) is 38.6 Å². The minimum absolute atomic E-state index is 0.185. The van der Waals surface area contributed by atoms with Gasteiger partial charge in [0, 0.05) is 28.0 Å². The number of hydrogen-bond acceptors (Lipinski definition) is 1. The van der Waals surface area contributed by atoms with Gasteiger partial charge in [-0.05, 0) is 50.3 Å². The Labute approximate surface area is 131 Å². The molecule has 0 bridgehead atoms. The Bertz CT molecular complexity index is 457. The van der Waals surface area contributed by atoms with Gasteiger partial charge in [-0.15, -0.1) is 0 Å². The lowest BCUT2D eigenvalue weighted by Crippen LogP contribution is -2.45. The number of hydrogen-bond donors (Lipinski definition) is 0. The Hall–Kier alpha value is -0.350. The van der Waals surface area contributed by atoms with Gasteiger partial charge in [0.15, 0.2) is 0 Å². The average Bonchev–Trinajstić information content (AvgIpc) is 2.34. The summed E-state index contributed by atoms with van der Waals surface area (Å²) in [5.41, 5.74) is 1.87. The Morgan fingerprint density at radius 1 is 1.42 bits per heavy atom. The number of halogens is 2. The van der Waals surface area contributed by atoms with E-state index in [0.29, 0.717) is 6.04 Å². The fourth-order valence-electron chi connectivity index (χ4n) is 2.37. The number of carbonyl (C=O) groups is 1. The van der Waals surface area contributed by atoms with Crippen LogP contribution >= 0.6 is 31.9 Å². The number of rotatable bonds is 5. The van der Waals surface area contributed by atoms with E-state index in [1.165, 1.54) is 6.42 Å². The van der Waals surface area contributed by atoms with Crippen LogP contribution in [0.2, 0.25) is 0 Å². The molecule has 1 aromatic carbocycles. The highest BCUT2D eigenvalue weighted by Crippen LogP contribution is 2.28. The van der Waals surface area contributed by atoms with Crippen molar-refractivity contribution >= 4 is 37.8 Å². The fraction of sp³-hybridized carbons (Fsp3) is 0.533. The molecule has 0 radical (unpaired) electrons. The first-order valence-electron chi connectivity index (χ1n) is 6.77. The van der Waals surface area contributed by atoms with Gasteiger partial charge in [0.2, 0.25) is 0 Å². The highest BCUT2D eigenvalue weighted by atomic mass is 79.9. The third-order valence-corrected chi connectivity index (χ3v) is 5.23. The van der Waals surface area contributed by atoms with E-state index in [0.717, 1.165) is 46.7 Å². The smallest absolute Gasteiger partial charge is 0.254 e. The van der Waals surface area contributed by atoms with Crippen LogP contribution < -0.4 is 0 Å². The molecular weight excluding hydrogens is 370 g/mol.